The van der Waals surface area contributed by atoms with Gasteiger partial charge >= 0.3 is 12.1 Å². The zero-order valence-corrected chi connectivity index (χ0v) is 20.9. The molecule has 0 amide bonds. The van der Waals surface area contributed by atoms with Gasteiger partial charge in [-0.05, 0) is 68.5 Å². The van der Waals surface area contributed by atoms with Crippen molar-refractivity contribution in [1.29, 1.82) is 0 Å². The summed E-state index contributed by atoms with van der Waals surface area (Å²) in [5.41, 5.74) is 3.18. The van der Waals surface area contributed by atoms with E-state index in [2.05, 4.69) is 4.57 Å². The molecule has 0 saturated carbocycles. The van der Waals surface area contributed by atoms with Crippen LogP contribution in [0.4, 0.5) is 13.2 Å². The largest absolute Gasteiger partial charge is 0.482 e. The van der Waals surface area contributed by atoms with Gasteiger partial charge in [0.2, 0.25) is 0 Å². The number of allylic oxidation sites excluding steroid dienone is 3. The molecule has 0 radical (unpaired) electrons. The molecule has 186 valence electrons. The maximum absolute atomic E-state index is 13.1. The average Bonchev–Trinajstić information content (AvgIpc) is 3.21. The highest BCUT2D eigenvalue weighted by molar-refractivity contribution is 8.11. The van der Waals surface area contributed by atoms with Crippen LogP contribution in [0.15, 0.2) is 70.8 Å². The molecule has 0 unspecified atom stereocenters. The number of fused-ring (bicyclic) bond motifs is 1. The molecular weight excluding hydrogens is 475 g/mol. The fraction of sp³-hybridized carbons (Fsp3) is 0.296. The molecule has 1 N–H and O–H groups in total. The number of carbonyl (C=O) groups is 1. The molecule has 35 heavy (non-hydrogen) atoms. The van der Waals surface area contributed by atoms with Gasteiger partial charge in [0.15, 0.2) is 6.61 Å². The summed E-state index contributed by atoms with van der Waals surface area (Å²) in [7, 11) is 0. The van der Waals surface area contributed by atoms with Crippen molar-refractivity contribution in [2.45, 2.75) is 46.8 Å². The molecule has 0 aliphatic carbocycles. The molecular formula is C27H28F3NO3S. The summed E-state index contributed by atoms with van der Waals surface area (Å²) in [4.78, 5) is 12.9. The lowest BCUT2D eigenvalue weighted by atomic mass is 10.1. The Morgan fingerprint density at radius 2 is 1.74 bits per heavy atom. The molecule has 2 aromatic carbocycles. The fourth-order valence-corrected chi connectivity index (χ4v) is 4.70. The number of rotatable bonds is 9. The summed E-state index contributed by atoms with van der Waals surface area (Å²) in [6, 6.07) is 12.7. The third-order valence-electron chi connectivity index (χ3n) is 5.60. The molecule has 3 rings (SSSR count). The fourth-order valence-electron chi connectivity index (χ4n) is 3.47. The summed E-state index contributed by atoms with van der Waals surface area (Å²) in [6.45, 7) is 8.20. The molecule has 0 aliphatic heterocycles. The van der Waals surface area contributed by atoms with Gasteiger partial charge in [0.25, 0.3) is 0 Å². The summed E-state index contributed by atoms with van der Waals surface area (Å²) >= 11 is 1.57. The Labute approximate surface area is 207 Å². The van der Waals surface area contributed by atoms with Crippen LogP contribution in [0, 0.1) is 0 Å². The second-order valence-electron chi connectivity index (χ2n) is 8.41. The molecule has 0 fully saturated rings. The Bertz CT molecular complexity index is 1270. The SMILES string of the molecule is CCC(C)=C(SC(Cn1ccc2ccc(OCC(=O)O)cc21)=C(C)C)c1ccc(C(F)(F)F)cc1. The molecule has 0 spiro atoms. The van der Waals surface area contributed by atoms with Crippen LogP contribution < -0.4 is 4.74 Å². The van der Waals surface area contributed by atoms with E-state index < -0.39 is 24.3 Å². The van der Waals surface area contributed by atoms with Crippen LogP contribution in [-0.2, 0) is 17.5 Å². The summed E-state index contributed by atoms with van der Waals surface area (Å²) in [6.07, 6.45) is -1.64. The van der Waals surface area contributed by atoms with Gasteiger partial charge in [-0.15, -0.1) is 0 Å². The van der Waals surface area contributed by atoms with Gasteiger partial charge in [-0.25, -0.2) is 4.79 Å². The number of alkyl halides is 3. The first-order valence-corrected chi connectivity index (χ1v) is 12.0. The van der Waals surface area contributed by atoms with Gasteiger partial charge in [-0.1, -0.05) is 42.0 Å². The van der Waals surface area contributed by atoms with Crippen LogP contribution in [-0.4, -0.2) is 22.2 Å². The minimum Gasteiger partial charge on any atom is -0.482 e. The molecule has 1 aromatic heterocycles. The quantitative estimate of drug-likeness (QED) is 0.321. The number of aromatic nitrogens is 1. The zero-order valence-electron chi connectivity index (χ0n) is 20.1. The van der Waals surface area contributed by atoms with Crippen LogP contribution in [0.3, 0.4) is 0 Å². The molecule has 1 heterocycles. The Morgan fingerprint density at radius 1 is 1.06 bits per heavy atom. The summed E-state index contributed by atoms with van der Waals surface area (Å²) in [5.74, 6) is -0.573. The van der Waals surface area contributed by atoms with Crippen molar-refractivity contribution in [1.82, 2.24) is 4.57 Å². The summed E-state index contributed by atoms with van der Waals surface area (Å²) in [5, 5.41) is 9.88. The van der Waals surface area contributed by atoms with Gasteiger partial charge in [0.05, 0.1) is 17.6 Å². The minimum atomic E-state index is -4.37. The number of nitrogens with zero attached hydrogens (tertiary/aromatic N) is 1. The van der Waals surface area contributed by atoms with Crippen molar-refractivity contribution in [3.05, 3.63) is 81.9 Å². The van der Waals surface area contributed by atoms with Crippen molar-refractivity contribution in [2.24, 2.45) is 0 Å². The summed E-state index contributed by atoms with van der Waals surface area (Å²) < 4.78 is 46.6. The number of ether oxygens (including phenoxy) is 1. The maximum Gasteiger partial charge on any atom is 0.416 e. The highest BCUT2D eigenvalue weighted by Crippen LogP contribution is 2.40. The van der Waals surface area contributed by atoms with E-state index in [1.165, 1.54) is 12.1 Å². The lowest BCUT2D eigenvalue weighted by molar-refractivity contribution is -0.139. The number of hydrogen-bond acceptors (Lipinski definition) is 3. The van der Waals surface area contributed by atoms with Crippen molar-refractivity contribution in [2.75, 3.05) is 6.61 Å². The van der Waals surface area contributed by atoms with Crippen LogP contribution in [0.2, 0.25) is 0 Å². The van der Waals surface area contributed by atoms with Crippen LogP contribution in [0.5, 0.6) is 5.75 Å². The molecule has 3 aromatic rings. The molecule has 0 atom stereocenters. The number of benzene rings is 2. The predicted molar refractivity (Wildman–Crippen MR) is 135 cm³/mol. The Balaban J connectivity index is 1.92. The number of halogens is 3. The van der Waals surface area contributed by atoms with Crippen LogP contribution >= 0.6 is 11.8 Å². The number of aliphatic carboxylic acids is 1. The first-order valence-electron chi connectivity index (χ1n) is 11.1. The van der Waals surface area contributed by atoms with Crippen LogP contribution in [0.1, 0.15) is 45.2 Å². The van der Waals surface area contributed by atoms with Gasteiger partial charge in [0, 0.05) is 22.1 Å². The normalized spacial score (nSPS) is 12.4. The van der Waals surface area contributed by atoms with Gasteiger partial charge < -0.3 is 14.4 Å². The van der Waals surface area contributed by atoms with E-state index in [9.17, 15) is 18.0 Å². The highest BCUT2D eigenvalue weighted by Gasteiger charge is 2.30. The van der Waals surface area contributed by atoms with Crippen molar-refractivity contribution >= 4 is 33.5 Å². The first kappa shape index (κ1) is 26.5. The van der Waals surface area contributed by atoms with Crippen molar-refractivity contribution < 1.29 is 27.8 Å². The standard InChI is InChI=1S/C27H28F3NO3S/c1-5-18(4)26(20-6-9-21(10-7-20)27(28,29)30)35-24(17(2)3)15-31-13-12-19-8-11-22(14-23(19)31)34-16-25(32)33/h6-14H,5,15-16H2,1-4H3,(H,32,33). The minimum absolute atomic E-state index is 0.418. The van der Waals surface area contributed by atoms with E-state index >= 15 is 0 Å². The molecule has 0 saturated heterocycles. The van der Waals surface area contributed by atoms with Gasteiger partial charge in [0.1, 0.15) is 5.75 Å². The highest BCUT2D eigenvalue weighted by atomic mass is 32.2. The number of thioether (sulfide) groups is 1. The molecule has 0 aliphatic rings. The Hall–Kier alpha value is -3.13. The van der Waals surface area contributed by atoms with E-state index in [0.29, 0.717) is 12.3 Å². The maximum atomic E-state index is 13.1. The van der Waals surface area contributed by atoms with Crippen LogP contribution in [0.25, 0.3) is 15.8 Å². The first-order chi connectivity index (χ1) is 16.5. The zero-order chi connectivity index (χ0) is 25.8. The smallest absolute Gasteiger partial charge is 0.416 e. The molecule has 8 heteroatoms. The topological polar surface area (TPSA) is 51.5 Å². The average molecular weight is 504 g/mol. The lowest BCUT2D eigenvalue weighted by Crippen LogP contribution is -2.09. The van der Waals surface area contributed by atoms with Gasteiger partial charge in [-0.2, -0.15) is 13.2 Å². The van der Waals surface area contributed by atoms with E-state index in [-0.39, 0.29) is 0 Å². The van der Waals surface area contributed by atoms with Gasteiger partial charge in [-0.3, -0.25) is 0 Å². The third kappa shape index (κ3) is 6.72. The molecule has 4 nitrogen and oxygen atoms in total. The predicted octanol–water partition coefficient (Wildman–Crippen LogP) is 7.99. The third-order valence-corrected chi connectivity index (χ3v) is 7.17. The number of carboxylic acid groups (broad SMARTS) is 1. The van der Waals surface area contributed by atoms with E-state index in [4.69, 9.17) is 9.84 Å². The Kier molecular flexibility index (Phi) is 8.38. The van der Waals surface area contributed by atoms with Crippen molar-refractivity contribution in [3.8, 4) is 5.75 Å². The van der Waals surface area contributed by atoms with E-state index in [0.717, 1.165) is 56.0 Å². The number of carboxylic acids is 1. The van der Waals surface area contributed by atoms with Crippen molar-refractivity contribution in [3.63, 3.8) is 0 Å². The molecule has 0 bridgehead atoms. The van der Waals surface area contributed by atoms with E-state index in [1.54, 1.807) is 17.8 Å². The Morgan fingerprint density at radius 3 is 2.31 bits per heavy atom. The second kappa shape index (κ2) is 11.1. The second-order valence-corrected chi connectivity index (χ2v) is 9.52. The monoisotopic (exact) mass is 503 g/mol. The lowest BCUT2D eigenvalue weighted by Gasteiger charge is -2.18. The number of hydrogen-bond donors (Lipinski definition) is 1. The van der Waals surface area contributed by atoms with E-state index in [1.807, 2.05) is 52.1 Å².